The summed E-state index contributed by atoms with van der Waals surface area (Å²) < 4.78 is 3.74. The summed E-state index contributed by atoms with van der Waals surface area (Å²) in [6.45, 7) is 2.64. The molecule has 2 aliphatic carbocycles. The van der Waals surface area contributed by atoms with E-state index in [2.05, 4.69) is 43.4 Å². The first-order valence-corrected chi connectivity index (χ1v) is 14.9. The fourth-order valence-electron chi connectivity index (χ4n) is 2.12. The van der Waals surface area contributed by atoms with Crippen LogP contribution in [0.2, 0.25) is 6.04 Å². The fraction of sp³-hybridized carbons (Fsp3) is 0.333. The molecule has 0 atom stereocenters. The van der Waals surface area contributed by atoms with Gasteiger partial charge in [-0.25, -0.2) is 0 Å². The monoisotopic (exact) mass is 279 g/mol. The zero-order chi connectivity index (χ0) is 9.80. The quantitative estimate of drug-likeness (QED) is 0.695. The van der Waals surface area contributed by atoms with E-state index in [1.165, 1.54) is 18.9 Å². The Morgan fingerprint density at radius 2 is 1.71 bits per heavy atom. The zero-order valence-corrected chi connectivity index (χ0v) is 12.7. The van der Waals surface area contributed by atoms with Crippen LogP contribution in [0.4, 0.5) is 0 Å². The molecule has 2 aliphatic rings. The van der Waals surface area contributed by atoms with E-state index in [1.807, 2.05) is 6.56 Å². The molecule has 0 aromatic carbocycles. The van der Waals surface area contributed by atoms with E-state index in [1.54, 1.807) is 0 Å². The number of rotatable bonds is 4. The van der Waals surface area contributed by atoms with Crippen molar-refractivity contribution in [1.82, 2.24) is 0 Å². The third-order valence-electron chi connectivity index (χ3n) is 2.82. The van der Waals surface area contributed by atoms with E-state index in [0.29, 0.717) is 0 Å². The molecule has 0 heterocycles. The summed E-state index contributed by atoms with van der Waals surface area (Å²) in [5.41, 5.74) is 0. The second-order valence-corrected chi connectivity index (χ2v) is 18.8. The van der Waals surface area contributed by atoms with Gasteiger partial charge in [0.2, 0.25) is 0 Å². The second-order valence-electron chi connectivity index (χ2n) is 3.88. The van der Waals surface area contributed by atoms with Crippen LogP contribution in [0, 0.1) is 0 Å². The van der Waals surface area contributed by atoms with E-state index in [0.717, 1.165) is 0 Å². The van der Waals surface area contributed by atoms with Gasteiger partial charge < -0.3 is 0 Å². The minimum atomic E-state index is -1.21. The van der Waals surface area contributed by atoms with Crippen LogP contribution in [-0.4, -0.2) is 6.65 Å². The van der Waals surface area contributed by atoms with Crippen molar-refractivity contribution in [3.63, 3.8) is 0 Å². The van der Waals surface area contributed by atoms with Gasteiger partial charge in [-0.3, -0.25) is 0 Å². The van der Waals surface area contributed by atoms with Gasteiger partial charge in [0.25, 0.3) is 0 Å². The van der Waals surface area contributed by atoms with E-state index < -0.39 is 20.9 Å². The van der Waals surface area contributed by atoms with E-state index in [4.69, 9.17) is 0 Å². The average Bonchev–Trinajstić information content (AvgIpc) is 2.87. The Hall–Kier alpha value is 0.0600. The summed E-state index contributed by atoms with van der Waals surface area (Å²) in [6.07, 6.45) is 16.6. The fourth-order valence-corrected chi connectivity index (χ4v) is 19.1. The van der Waals surface area contributed by atoms with Crippen LogP contribution in [0.1, 0.15) is 19.8 Å². The summed E-state index contributed by atoms with van der Waals surface area (Å²) >= 11 is -1.21. The molecule has 73 valence electrons. The topological polar surface area (TPSA) is 0 Å². The third kappa shape index (κ3) is 2.35. The van der Waals surface area contributed by atoms with Gasteiger partial charge in [-0.2, -0.15) is 0 Å². The van der Waals surface area contributed by atoms with Gasteiger partial charge in [0, 0.05) is 0 Å². The van der Waals surface area contributed by atoms with Gasteiger partial charge in [-0.05, 0) is 0 Å². The van der Waals surface area contributed by atoms with Crippen LogP contribution in [0.25, 0.3) is 0 Å². The molecule has 0 amide bonds. The van der Waals surface area contributed by atoms with Crippen molar-refractivity contribution in [2.75, 3.05) is 0 Å². The van der Waals surface area contributed by atoms with Crippen molar-refractivity contribution in [2.45, 2.75) is 25.8 Å². The van der Waals surface area contributed by atoms with Crippen molar-refractivity contribution in [3.05, 3.63) is 43.0 Å². The predicted octanol–water partition coefficient (Wildman–Crippen LogP) is 2.81. The first-order chi connectivity index (χ1) is 6.92. The van der Waals surface area contributed by atoms with E-state index in [-0.39, 0.29) is 6.65 Å². The molecule has 14 heavy (non-hydrogen) atoms. The van der Waals surface area contributed by atoms with Gasteiger partial charge in [-0.15, -0.1) is 0 Å². The molecule has 0 aromatic heterocycles. The number of allylic oxidation sites excluding steroid dienone is 8. The maximum atomic E-state index is 2.43. The molecule has 0 aliphatic heterocycles. The maximum absolute atomic E-state index is 2.43. The van der Waals surface area contributed by atoms with E-state index >= 15 is 0 Å². The standard InChI is InChI=1S/2C5H5.C2H7Si.Zr/c2*1-2-4-5-3-1;1-2-3;/h2*1-3H,4H2;2-3H2,1H3;. The van der Waals surface area contributed by atoms with Crippen LogP contribution >= 0.6 is 0 Å². The minimum absolute atomic E-state index is 0.257. The Bertz CT molecular complexity index is 293. The molecule has 0 N–H and O–H groups in total. The molecule has 0 fully saturated rings. The van der Waals surface area contributed by atoms with Crippen LogP contribution in [0.3, 0.4) is 0 Å². The summed E-state index contributed by atoms with van der Waals surface area (Å²) in [4.78, 5) is 0. The third-order valence-corrected chi connectivity index (χ3v) is 22.2. The molecular formula is C12H17SiZr. The van der Waals surface area contributed by atoms with Gasteiger partial charge in [-0.1, -0.05) is 0 Å². The van der Waals surface area contributed by atoms with Gasteiger partial charge >= 0.3 is 96.4 Å². The molecule has 0 aromatic rings. The molecule has 0 radical (unpaired) electrons. The Kier molecular flexibility index (Phi) is 3.95. The molecule has 0 bridgehead atoms. The number of hydrogen-bond acceptors (Lipinski definition) is 0. The molecule has 2 heteroatoms. The van der Waals surface area contributed by atoms with Crippen molar-refractivity contribution < 1.29 is 20.9 Å². The molecule has 0 saturated heterocycles. The molecule has 0 unspecified atom stereocenters. The Labute approximate surface area is 95.9 Å². The van der Waals surface area contributed by atoms with Crippen LogP contribution in [0.15, 0.2) is 43.0 Å². The first kappa shape index (κ1) is 10.6. The van der Waals surface area contributed by atoms with Crippen LogP contribution in [0.5, 0.6) is 0 Å². The van der Waals surface area contributed by atoms with Gasteiger partial charge in [0.15, 0.2) is 0 Å². The molecule has 0 nitrogen and oxygen atoms in total. The number of hydrogen-bond donors (Lipinski definition) is 0. The molecule has 0 spiro atoms. The Balaban J connectivity index is 2.07. The summed E-state index contributed by atoms with van der Waals surface area (Å²) in [5, 5.41) is 0. The normalized spacial score (nSPS) is 19.5. The molecule has 2 rings (SSSR count). The van der Waals surface area contributed by atoms with Crippen LogP contribution < -0.4 is 0 Å². The van der Waals surface area contributed by atoms with Crippen molar-refractivity contribution in [3.8, 4) is 0 Å². The van der Waals surface area contributed by atoms with Crippen molar-refractivity contribution >= 4 is 6.65 Å². The summed E-state index contributed by atoms with van der Waals surface area (Å²) in [5.74, 6) is 0. The SMILES string of the molecule is CC[SiH2][Zr]([C]1=CC=CC1)[C]1=CC=CC1. The first-order valence-electron chi connectivity index (χ1n) is 5.49. The van der Waals surface area contributed by atoms with Crippen molar-refractivity contribution in [2.24, 2.45) is 0 Å². The molecule has 0 saturated carbocycles. The zero-order valence-electron chi connectivity index (χ0n) is 8.79. The Morgan fingerprint density at radius 3 is 2.07 bits per heavy atom. The summed E-state index contributed by atoms with van der Waals surface area (Å²) in [6, 6.07) is 1.50. The summed E-state index contributed by atoms with van der Waals surface area (Å²) in [7, 11) is 0. The van der Waals surface area contributed by atoms with Gasteiger partial charge in [0.1, 0.15) is 0 Å². The van der Waals surface area contributed by atoms with E-state index in [9.17, 15) is 0 Å². The average molecular weight is 281 g/mol. The predicted molar refractivity (Wildman–Crippen MR) is 62.7 cm³/mol. The van der Waals surface area contributed by atoms with Crippen LogP contribution in [-0.2, 0) is 20.9 Å². The second kappa shape index (κ2) is 5.23. The Morgan fingerprint density at radius 1 is 1.14 bits per heavy atom. The van der Waals surface area contributed by atoms with Gasteiger partial charge in [0.05, 0.1) is 0 Å². The van der Waals surface area contributed by atoms with Crippen molar-refractivity contribution in [1.29, 1.82) is 0 Å². The molecular weight excluding hydrogens is 263 g/mol.